The highest BCUT2D eigenvalue weighted by Crippen LogP contribution is 2.32. The third kappa shape index (κ3) is 7.52. The summed E-state index contributed by atoms with van der Waals surface area (Å²) in [5.74, 6) is -2.86. The lowest BCUT2D eigenvalue weighted by Gasteiger charge is -2.26. The van der Waals surface area contributed by atoms with Crippen LogP contribution in [-0.4, -0.2) is 58.5 Å². The number of nitrogens with one attached hydrogen (secondary N) is 1. The Morgan fingerprint density at radius 3 is 2.39 bits per heavy atom. The molecule has 1 aliphatic rings. The number of rotatable bonds is 4. The fourth-order valence-corrected chi connectivity index (χ4v) is 3.89. The van der Waals surface area contributed by atoms with Crippen LogP contribution in [0.2, 0.25) is 0 Å². The number of anilines is 3. The second kappa shape index (κ2) is 11.1. The number of aryl methyl sites for hydroxylation is 1. The van der Waals surface area contributed by atoms with Crippen molar-refractivity contribution in [2.24, 2.45) is 0 Å². The van der Waals surface area contributed by atoms with E-state index in [0.717, 1.165) is 47.3 Å². The standard InChI is InChI=1S/C19H18F3N5OS.C2HF3O2/c1-12-8-13(15-11-29-18(25-15)27-4-6-28-7-5-27)10-14(9-12)24-17-23-3-2-16(26-17)19(20,21)22;3-2(4,5)1(6)7/h2-3,8-11H,4-7H2,1H3,(H,23,24,26);(H,6,7). The molecule has 0 atom stereocenters. The lowest BCUT2D eigenvalue weighted by Crippen LogP contribution is -2.36. The predicted octanol–water partition coefficient (Wildman–Crippen LogP) is 5.14. The van der Waals surface area contributed by atoms with Gasteiger partial charge in [-0.3, -0.25) is 0 Å². The molecule has 1 fully saturated rings. The van der Waals surface area contributed by atoms with E-state index in [2.05, 4.69) is 20.2 Å². The first-order chi connectivity index (χ1) is 16.8. The van der Waals surface area contributed by atoms with Crippen molar-refractivity contribution < 1.29 is 41.0 Å². The Hall–Kier alpha value is -3.46. The average molecular weight is 535 g/mol. The van der Waals surface area contributed by atoms with Crippen molar-refractivity contribution in [3.05, 3.63) is 47.1 Å². The van der Waals surface area contributed by atoms with Crippen molar-refractivity contribution >= 4 is 34.1 Å². The predicted molar refractivity (Wildman–Crippen MR) is 119 cm³/mol. The maximum atomic E-state index is 12.9. The van der Waals surface area contributed by atoms with Gasteiger partial charge >= 0.3 is 18.3 Å². The number of alkyl halides is 6. The fraction of sp³-hybridized carbons (Fsp3) is 0.333. The van der Waals surface area contributed by atoms with Crippen LogP contribution in [0.15, 0.2) is 35.8 Å². The van der Waals surface area contributed by atoms with Gasteiger partial charge in [-0.15, -0.1) is 11.3 Å². The Morgan fingerprint density at radius 2 is 1.78 bits per heavy atom. The number of hydrogen-bond acceptors (Lipinski definition) is 8. The number of morpholine rings is 1. The lowest BCUT2D eigenvalue weighted by molar-refractivity contribution is -0.192. The minimum Gasteiger partial charge on any atom is -0.475 e. The molecule has 0 radical (unpaired) electrons. The van der Waals surface area contributed by atoms with E-state index in [-0.39, 0.29) is 5.95 Å². The number of aromatic nitrogens is 3. The molecule has 3 heterocycles. The van der Waals surface area contributed by atoms with Crippen LogP contribution in [0.1, 0.15) is 11.3 Å². The van der Waals surface area contributed by atoms with Crippen molar-refractivity contribution in [2.75, 3.05) is 36.5 Å². The number of thiazole rings is 1. The van der Waals surface area contributed by atoms with Crippen molar-refractivity contribution in [1.29, 1.82) is 0 Å². The summed E-state index contributed by atoms with van der Waals surface area (Å²) in [5, 5.41) is 12.9. The normalized spacial score (nSPS) is 14.1. The van der Waals surface area contributed by atoms with Gasteiger partial charge in [0.05, 0.1) is 18.9 Å². The first-order valence-corrected chi connectivity index (χ1v) is 11.1. The van der Waals surface area contributed by atoms with Crippen LogP contribution >= 0.6 is 11.3 Å². The molecule has 2 N–H and O–H groups in total. The molecular formula is C21H19F6N5O3S. The Labute approximate surface area is 204 Å². The van der Waals surface area contributed by atoms with Gasteiger partial charge in [0.15, 0.2) is 5.13 Å². The SMILES string of the molecule is Cc1cc(Nc2nccc(C(F)(F)F)n2)cc(-c2csc(N3CCOCC3)n2)c1.O=C(O)C(F)(F)F. The molecule has 0 spiro atoms. The summed E-state index contributed by atoms with van der Waals surface area (Å²) in [6, 6.07) is 6.47. The Morgan fingerprint density at radius 1 is 1.11 bits per heavy atom. The zero-order chi connectivity index (χ0) is 26.5. The zero-order valence-corrected chi connectivity index (χ0v) is 19.3. The Balaban J connectivity index is 0.000000454. The van der Waals surface area contributed by atoms with Crippen molar-refractivity contribution in [3.63, 3.8) is 0 Å². The van der Waals surface area contributed by atoms with E-state index < -0.39 is 24.0 Å². The summed E-state index contributed by atoms with van der Waals surface area (Å²) >= 11 is 1.56. The number of carboxylic acid groups (broad SMARTS) is 1. The van der Waals surface area contributed by atoms with Gasteiger partial charge in [-0.25, -0.2) is 19.7 Å². The first kappa shape index (κ1) is 27.1. The number of hydrogen-bond donors (Lipinski definition) is 2. The number of benzene rings is 1. The highest BCUT2D eigenvalue weighted by Gasteiger charge is 2.38. The van der Waals surface area contributed by atoms with E-state index in [0.29, 0.717) is 18.9 Å². The molecule has 36 heavy (non-hydrogen) atoms. The van der Waals surface area contributed by atoms with Crippen molar-refractivity contribution in [2.45, 2.75) is 19.3 Å². The van der Waals surface area contributed by atoms with Crippen LogP contribution in [0.4, 0.5) is 43.1 Å². The number of carboxylic acids is 1. The summed E-state index contributed by atoms with van der Waals surface area (Å²) in [6.07, 6.45) is -8.52. The van der Waals surface area contributed by atoms with Crippen LogP contribution in [0.3, 0.4) is 0 Å². The van der Waals surface area contributed by atoms with Crippen LogP contribution in [0.5, 0.6) is 0 Å². The van der Waals surface area contributed by atoms with Crippen LogP contribution < -0.4 is 10.2 Å². The molecule has 0 bridgehead atoms. The van der Waals surface area contributed by atoms with Crippen molar-refractivity contribution in [1.82, 2.24) is 15.0 Å². The second-order valence-electron chi connectivity index (χ2n) is 7.39. The van der Waals surface area contributed by atoms with Gasteiger partial charge in [0, 0.05) is 35.9 Å². The number of aliphatic carboxylic acids is 1. The molecule has 4 rings (SSSR count). The van der Waals surface area contributed by atoms with Crippen LogP contribution in [-0.2, 0) is 15.7 Å². The molecule has 0 aliphatic carbocycles. The highest BCUT2D eigenvalue weighted by atomic mass is 32.1. The largest absolute Gasteiger partial charge is 0.490 e. The van der Waals surface area contributed by atoms with Gasteiger partial charge in [0.1, 0.15) is 5.69 Å². The van der Waals surface area contributed by atoms with Gasteiger partial charge in [0.2, 0.25) is 5.95 Å². The summed E-state index contributed by atoms with van der Waals surface area (Å²) in [7, 11) is 0. The quantitative estimate of drug-likeness (QED) is 0.443. The summed E-state index contributed by atoms with van der Waals surface area (Å²) in [4.78, 5) is 23.2. The maximum Gasteiger partial charge on any atom is 0.490 e. The molecule has 15 heteroatoms. The van der Waals surface area contributed by atoms with E-state index in [9.17, 15) is 26.3 Å². The molecule has 2 aromatic heterocycles. The van der Waals surface area contributed by atoms with Gasteiger partial charge in [-0.1, -0.05) is 0 Å². The third-order valence-electron chi connectivity index (χ3n) is 4.59. The molecule has 0 unspecified atom stereocenters. The zero-order valence-electron chi connectivity index (χ0n) is 18.5. The maximum absolute atomic E-state index is 12.9. The molecule has 0 saturated carbocycles. The number of halogens is 6. The summed E-state index contributed by atoms with van der Waals surface area (Å²) in [6.45, 7) is 4.90. The first-order valence-electron chi connectivity index (χ1n) is 10.2. The van der Waals surface area contributed by atoms with E-state index in [1.165, 1.54) is 0 Å². The van der Waals surface area contributed by atoms with Gasteiger partial charge in [-0.05, 0) is 36.8 Å². The molecule has 0 amide bonds. The molecule has 1 saturated heterocycles. The topological polar surface area (TPSA) is 100 Å². The van der Waals surface area contributed by atoms with E-state index >= 15 is 0 Å². The monoisotopic (exact) mass is 535 g/mol. The second-order valence-corrected chi connectivity index (χ2v) is 8.23. The van der Waals surface area contributed by atoms with Crippen molar-refractivity contribution in [3.8, 4) is 11.3 Å². The van der Waals surface area contributed by atoms with E-state index in [4.69, 9.17) is 19.6 Å². The van der Waals surface area contributed by atoms with Gasteiger partial charge in [-0.2, -0.15) is 26.3 Å². The molecule has 3 aromatic rings. The van der Waals surface area contributed by atoms with E-state index in [1.54, 1.807) is 11.3 Å². The summed E-state index contributed by atoms with van der Waals surface area (Å²) in [5.41, 5.74) is 2.24. The Kier molecular flexibility index (Phi) is 8.35. The number of ether oxygens (including phenoxy) is 1. The Bertz CT molecular complexity index is 1200. The lowest BCUT2D eigenvalue weighted by atomic mass is 10.1. The average Bonchev–Trinajstić information content (AvgIpc) is 3.29. The van der Waals surface area contributed by atoms with E-state index in [1.807, 2.05) is 30.5 Å². The molecule has 1 aromatic carbocycles. The smallest absolute Gasteiger partial charge is 0.475 e. The van der Waals surface area contributed by atoms with Crippen LogP contribution in [0.25, 0.3) is 11.3 Å². The third-order valence-corrected chi connectivity index (χ3v) is 5.49. The highest BCUT2D eigenvalue weighted by molar-refractivity contribution is 7.14. The minimum atomic E-state index is -5.08. The van der Waals surface area contributed by atoms with Gasteiger partial charge in [0.25, 0.3) is 0 Å². The fourth-order valence-electron chi connectivity index (χ4n) is 3.01. The number of carbonyl (C=O) groups is 1. The van der Waals surface area contributed by atoms with Gasteiger partial charge < -0.3 is 20.1 Å². The van der Waals surface area contributed by atoms with Crippen LogP contribution in [0, 0.1) is 6.92 Å². The molecular weight excluding hydrogens is 516 g/mol. The minimum absolute atomic E-state index is 0.108. The molecule has 194 valence electrons. The summed E-state index contributed by atoms with van der Waals surface area (Å²) < 4.78 is 75.7. The number of nitrogens with zero attached hydrogens (tertiary/aromatic N) is 4. The molecule has 8 nitrogen and oxygen atoms in total. The molecule has 1 aliphatic heterocycles.